The van der Waals surface area contributed by atoms with Gasteiger partial charge >= 0.3 is 5.97 Å². The van der Waals surface area contributed by atoms with Crippen LogP contribution in [0.2, 0.25) is 0 Å². The lowest BCUT2D eigenvalue weighted by Crippen LogP contribution is -2.33. The third-order valence-electron chi connectivity index (χ3n) is 4.63. The molecule has 1 unspecified atom stereocenters. The van der Waals surface area contributed by atoms with E-state index in [0.29, 0.717) is 11.1 Å². The number of hydrogen-bond donors (Lipinski definition) is 1. The summed E-state index contributed by atoms with van der Waals surface area (Å²) in [4.78, 5) is 31.7. The zero-order chi connectivity index (χ0) is 18.1. The Morgan fingerprint density at radius 3 is 2.92 bits per heavy atom. The van der Waals surface area contributed by atoms with Crippen LogP contribution in [0.4, 0.5) is 0 Å². The van der Waals surface area contributed by atoms with E-state index in [9.17, 15) is 9.59 Å². The number of rotatable bonds is 5. The molecule has 0 saturated heterocycles. The molecule has 6 nitrogen and oxygen atoms in total. The summed E-state index contributed by atoms with van der Waals surface area (Å²) in [6, 6.07) is -0.0129. The van der Waals surface area contributed by atoms with E-state index in [2.05, 4.69) is 11.9 Å². The second kappa shape index (κ2) is 7.00. The fourth-order valence-corrected chi connectivity index (χ4v) is 4.57. The van der Waals surface area contributed by atoms with Gasteiger partial charge in [-0.1, -0.05) is 6.92 Å². The van der Waals surface area contributed by atoms with Crippen LogP contribution in [-0.2, 0) is 24.1 Å². The first kappa shape index (κ1) is 17.7. The lowest BCUT2D eigenvalue weighted by molar-refractivity contribution is -0.136. The molecule has 2 heterocycles. The number of carboxylic acids is 1. The van der Waals surface area contributed by atoms with Crippen molar-refractivity contribution in [3.63, 3.8) is 0 Å². The third-order valence-corrected chi connectivity index (χ3v) is 5.98. The molecule has 0 spiro atoms. The first-order chi connectivity index (χ1) is 11.9. The van der Waals surface area contributed by atoms with Gasteiger partial charge in [-0.2, -0.15) is 0 Å². The fraction of sp³-hybridized carbons (Fsp3) is 0.500. The molecule has 1 aliphatic carbocycles. The van der Waals surface area contributed by atoms with Gasteiger partial charge < -0.3 is 14.4 Å². The van der Waals surface area contributed by atoms with E-state index in [1.807, 2.05) is 0 Å². The zero-order valence-corrected chi connectivity index (χ0v) is 15.5. The molecule has 1 aliphatic rings. The van der Waals surface area contributed by atoms with Gasteiger partial charge in [0, 0.05) is 12.6 Å². The molecule has 2 aromatic heterocycles. The molecule has 0 fully saturated rings. The molecule has 0 bridgehead atoms. The van der Waals surface area contributed by atoms with Crippen LogP contribution >= 0.6 is 11.3 Å². The van der Waals surface area contributed by atoms with Crippen LogP contribution < -0.4 is 0 Å². The Balaban J connectivity index is 1.91. The van der Waals surface area contributed by atoms with Crippen LogP contribution in [0.25, 0.3) is 0 Å². The molecule has 1 atom stereocenters. The highest BCUT2D eigenvalue weighted by molar-refractivity contribution is 7.11. The minimum Gasteiger partial charge on any atom is -0.481 e. The predicted octanol–water partition coefficient (Wildman–Crippen LogP) is 3.38. The summed E-state index contributed by atoms with van der Waals surface area (Å²) in [7, 11) is 1.78. The molecule has 1 amide bonds. The maximum atomic E-state index is 13.1. The predicted molar refractivity (Wildman–Crippen MR) is 94.0 cm³/mol. The number of amides is 1. The van der Waals surface area contributed by atoms with E-state index >= 15 is 0 Å². The monoisotopic (exact) mass is 362 g/mol. The molecule has 25 heavy (non-hydrogen) atoms. The van der Waals surface area contributed by atoms with Gasteiger partial charge in [-0.05, 0) is 32.6 Å². The van der Waals surface area contributed by atoms with E-state index in [4.69, 9.17) is 9.52 Å². The summed E-state index contributed by atoms with van der Waals surface area (Å²) < 4.78 is 5.32. The van der Waals surface area contributed by atoms with Crippen LogP contribution in [-0.4, -0.2) is 33.9 Å². The second-order valence-corrected chi connectivity index (χ2v) is 7.50. The van der Waals surface area contributed by atoms with Gasteiger partial charge in [-0.25, -0.2) is 4.98 Å². The third kappa shape index (κ3) is 3.33. The van der Waals surface area contributed by atoms with E-state index < -0.39 is 5.97 Å². The Morgan fingerprint density at radius 2 is 2.24 bits per heavy atom. The van der Waals surface area contributed by atoms with Crippen LogP contribution in [0.15, 0.2) is 10.7 Å². The molecule has 3 rings (SSSR count). The van der Waals surface area contributed by atoms with Gasteiger partial charge in [0.1, 0.15) is 12.2 Å². The highest BCUT2D eigenvalue weighted by atomic mass is 32.1. The first-order valence-corrected chi connectivity index (χ1v) is 9.28. The Kier molecular flexibility index (Phi) is 4.94. The topological polar surface area (TPSA) is 83.6 Å². The largest absolute Gasteiger partial charge is 0.481 e. The molecule has 1 N–H and O–H groups in total. The number of aliphatic carboxylic acids is 1. The van der Waals surface area contributed by atoms with Crippen molar-refractivity contribution in [3.05, 3.63) is 38.7 Å². The first-order valence-electron chi connectivity index (χ1n) is 8.46. The highest BCUT2D eigenvalue weighted by Gasteiger charge is 2.32. The Bertz CT molecular complexity index is 808. The number of carbonyl (C=O) groups is 2. The number of furan rings is 1. The van der Waals surface area contributed by atoms with Crippen molar-refractivity contribution in [2.45, 2.75) is 52.0 Å². The fourth-order valence-electron chi connectivity index (χ4n) is 3.34. The molecular weight excluding hydrogens is 340 g/mol. The van der Waals surface area contributed by atoms with Crippen molar-refractivity contribution < 1.29 is 19.1 Å². The number of carbonyl (C=O) groups excluding carboxylic acids is 1. The van der Waals surface area contributed by atoms with E-state index in [1.165, 1.54) is 11.1 Å². The smallest absolute Gasteiger partial charge is 0.311 e. The maximum absolute atomic E-state index is 13.1. The highest BCUT2D eigenvalue weighted by Crippen LogP contribution is 2.38. The average molecular weight is 362 g/mol. The molecule has 134 valence electrons. The van der Waals surface area contributed by atoms with Gasteiger partial charge in [0.25, 0.3) is 5.91 Å². The summed E-state index contributed by atoms with van der Waals surface area (Å²) in [5.74, 6) is -0.982. The van der Waals surface area contributed by atoms with Crippen molar-refractivity contribution >= 4 is 23.2 Å². The summed E-state index contributed by atoms with van der Waals surface area (Å²) in [6.45, 7) is 3.85. The van der Waals surface area contributed by atoms with E-state index in [0.717, 1.165) is 36.4 Å². The normalized spacial score (nSPS) is 16.5. The molecule has 0 aliphatic heterocycles. The standard InChI is InChI=1S/C18H22N2O4S/c1-4-14-19-11-6-5-7-12(17(11)25-14)20(3)18(23)16-10(2)9-24-13(16)8-15(21)22/h9,12H,4-8H2,1-3H3,(H,21,22). The maximum Gasteiger partial charge on any atom is 0.311 e. The van der Waals surface area contributed by atoms with Crippen LogP contribution in [0.5, 0.6) is 0 Å². The van der Waals surface area contributed by atoms with Crippen molar-refractivity contribution in [2.24, 2.45) is 0 Å². The lowest BCUT2D eigenvalue weighted by Gasteiger charge is -2.30. The lowest BCUT2D eigenvalue weighted by atomic mass is 9.96. The van der Waals surface area contributed by atoms with Crippen LogP contribution in [0, 0.1) is 6.92 Å². The second-order valence-electron chi connectivity index (χ2n) is 6.38. The Hall–Kier alpha value is -2.15. The van der Waals surface area contributed by atoms with Crippen molar-refractivity contribution in [1.82, 2.24) is 9.88 Å². The van der Waals surface area contributed by atoms with Crippen molar-refractivity contribution in [2.75, 3.05) is 7.05 Å². The summed E-state index contributed by atoms with van der Waals surface area (Å²) in [5, 5.41) is 10.1. The van der Waals surface area contributed by atoms with Gasteiger partial charge in [0.15, 0.2) is 0 Å². The van der Waals surface area contributed by atoms with Crippen LogP contribution in [0.3, 0.4) is 0 Å². The van der Waals surface area contributed by atoms with Crippen molar-refractivity contribution in [1.29, 1.82) is 0 Å². The molecular formula is C18H22N2O4S. The molecule has 0 aromatic carbocycles. The molecule has 7 heteroatoms. The van der Waals surface area contributed by atoms with E-state index in [1.54, 1.807) is 30.2 Å². The molecule has 2 aromatic rings. The van der Waals surface area contributed by atoms with Gasteiger partial charge in [-0.15, -0.1) is 11.3 Å². The van der Waals surface area contributed by atoms with Gasteiger partial charge in [0.2, 0.25) is 0 Å². The Morgan fingerprint density at radius 1 is 1.48 bits per heavy atom. The van der Waals surface area contributed by atoms with E-state index in [-0.39, 0.29) is 24.1 Å². The number of aromatic nitrogens is 1. The number of thiazole rings is 1. The van der Waals surface area contributed by atoms with Gasteiger partial charge in [-0.3, -0.25) is 9.59 Å². The van der Waals surface area contributed by atoms with Crippen LogP contribution in [0.1, 0.15) is 63.1 Å². The number of nitrogens with zero attached hydrogens (tertiary/aromatic N) is 2. The minimum atomic E-state index is -1.01. The molecule has 0 saturated carbocycles. The number of fused-ring (bicyclic) bond motifs is 1. The molecule has 0 radical (unpaired) electrons. The summed E-state index contributed by atoms with van der Waals surface area (Å²) >= 11 is 1.68. The number of hydrogen-bond acceptors (Lipinski definition) is 5. The summed E-state index contributed by atoms with van der Waals surface area (Å²) in [6.07, 6.45) is 4.90. The van der Waals surface area contributed by atoms with Gasteiger partial charge in [0.05, 0.1) is 33.4 Å². The van der Waals surface area contributed by atoms with Crippen molar-refractivity contribution in [3.8, 4) is 0 Å². The Labute approximate surface area is 150 Å². The summed E-state index contributed by atoms with van der Waals surface area (Å²) in [5.41, 5.74) is 2.15. The average Bonchev–Trinajstić information content (AvgIpc) is 3.16. The number of aryl methyl sites for hydroxylation is 3. The SMILES string of the molecule is CCc1nc2c(s1)C(N(C)C(=O)c1c(C)coc1CC(=O)O)CCC2. The number of carboxylic acid groups (broad SMARTS) is 1. The quantitative estimate of drug-likeness (QED) is 0.881. The zero-order valence-electron chi connectivity index (χ0n) is 14.7. The minimum absolute atomic E-state index is 0.0129.